The summed E-state index contributed by atoms with van der Waals surface area (Å²) in [4.78, 5) is 0. The van der Waals surface area contributed by atoms with Gasteiger partial charge in [0, 0.05) is 0 Å². The number of hydrogen-bond donors (Lipinski definition) is 0. The highest BCUT2D eigenvalue weighted by molar-refractivity contribution is 5.12. The Hall–Kier alpha value is 0. The maximum atomic E-state index is 2.73. The van der Waals surface area contributed by atoms with Gasteiger partial charge in [0.1, 0.15) is 0 Å². The zero-order valence-electron chi connectivity index (χ0n) is 15.0. The molecule has 5 aliphatic rings. The van der Waals surface area contributed by atoms with Crippen LogP contribution in [0.4, 0.5) is 0 Å². The highest BCUT2D eigenvalue weighted by Gasteiger charge is 2.62. The van der Waals surface area contributed by atoms with Crippen LogP contribution in [0.15, 0.2) is 0 Å². The smallest absolute Gasteiger partial charge is 0.0266 e. The number of hydrogen-bond acceptors (Lipinski definition) is 0. The molecule has 0 radical (unpaired) electrons. The zero-order valence-corrected chi connectivity index (χ0v) is 15.0. The average Bonchev–Trinajstić information content (AvgIpc) is 2.80. The van der Waals surface area contributed by atoms with E-state index >= 15 is 0 Å². The lowest BCUT2D eigenvalue weighted by Gasteiger charge is -2.60. The minimum absolute atomic E-state index is 0.734. The Balaban J connectivity index is 1.46. The van der Waals surface area contributed by atoms with E-state index in [-0.39, 0.29) is 0 Å². The molecule has 0 aliphatic heterocycles. The SMILES string of the molecule is C[C@]12CC[C@H]3[C@@H](CCC4CCCC[C@@]43C)[C@@H]1CC1(CCC1)C2. The Bertz CT molecular complexity index is 459. The van der Waals surface area contributed by atoms with Crippen molar-refractivity contribution >= 4 is 0 Å². The fourth-order valence-corrected chi connectivity index (χ4v) is 8.76. The van der Waals surface area contributed by atoms with Crippen molar-refractivity contribution in [2.45, 2.75) is 97.3 Å². The summed E-state index contributed by atoms with van der Waals surface area (Å²) in [5.74, 6) is 4.40. The van der Waals surface area contributed by atoms with E-state index in [1.807, 2.05) is 0 Å². The van der Waals surface area contributed by atoms with E-state index in [1.165, 1.54) is 19.3 Å². The Morgan fingerprint density at radius 2 is 1.59 bits per heavy atom. The van der Waals surface area contributed by atoms with Crippen LogP contribution >= 0.6 is 0 Å². The largest absolute Gasteiger partial charge is 0.0593 e. The predicted molar refractivity (Wildman–Crippen MR) is 92.6 cm³/mol. The molecule has 0 N–H and O–H groups in total. The third kappa shape index (κ3) is 1.76. The number of rotatable bonds is 0. The fraction of sp³-hybridized carbons (Fsp3) is 1.00. The summed E-state index contributed by atoms with van der Waals surface area (Å²) in [5.41, 5.74) is 2.30. The maximum Gasteiger partial charge on any atom is -0.0266 e. The molecule has 0 heterocycles. The van der Waals surface area contributed by atoms with Gasteiger partial charge in [-0.2, -0.15) is 0 Å². The lowest BCUT2D eigenvalue weighted by atomic mass is 9.45. The maximum absolute atomic E-state index is 2.73. The van der Waals surface area contributed by atoms with E-state index in [4.69, 9.17) is 0 Å². The van der Waals surface area contributed by atoms with Crippen molar-refractivity contribution in [1.82, 2.24) is 0 Å². The molecule has 5 saturated carbocycles. The van der Waals surface area contributed by atoms with Gasteiger partial charge < -0.3 is 0 Å². The van der Waals surface area contributed by atoms with Gasteiger partial charge in [0.25, 0.3) is 0 Å². The molecular weight excluding hydrogens is 264 g/mol. The van der Waals surface area contributed by atoms with Crippen molar-refractivity contribution in [2.24, 2.45) is 39.9 Å². The third-order valence-electron chi connectivity index (χ3n) is 9.95. The summed E-state index contributed by atoms with van der Waals surface area (Å²) < 4.78 is 0. The van der Waals surface area contributed by atoms with Crippen molar-refractivity contribution in [3.8, 4) is 0 Å². The van der Waals surface area contributed by atoms with Crippen LogP contribution in [-0.4, -0.2) is 0 Å². The summed E-state index contributed by atoms with van der Waals surface area (Å²) in [6.07, 6.45) is 20.5. The Morgan fingerprint density at radius 3 is 2.36 bits per heavy atom. The van der Waals surface area contributed by atoms with Gasteiger partial charge in [0.15, 0.2) is 0 Å². The highest BCUT2D eigenvalue weighted by Crippen LogP contribution is 2.71. The van der Waals surface area contributed by atoms with Crippen LogP contribution in [0.3, 0.4) is 0 Å². The Labute approximate surface area is 137 Å². The zero-order chi connectivity index (χ0) is 15.0. The van der Waals surface area contributed by atoms with Crippen LogP contribution in [-0.2, 0) is 0 Å². The van der Waals surface area contributed by atoms with Crippen LogP contribution in [0, 0.1) is 39.9 Å². The average molecular weight is 301 g/mol. The van der Waals surface area contributed by atoms with E-state index < -0.39 is 0 Å². The molecule has 5 rings (SSSR count). The summed E-state index contributed by atoms with van der Waals surface area (Å²) >= 11 is 0. The van der Waals surface area contributed by atoms with E-state index in [9.17, 15) is 0 Å². The first kappa shape index (κ1) is 14.4. The van der Waals surface area contributed by atoms with Crippen LogP contribution in [0.1, 0.15) is 97.3 Å². The summed E-state index contributed by atoms with van der Waals surface area (Å²) in [7, 11) is 0. The van der Waals surface area contributed by atoms with Gasteiger partial charge >= 0.3 is 0 Å². The number of fused-ring (bicyclic) bond motifs is 5. The standard InChI is InChI=1S/C22H36/c1-20-13-9-18-17(19(20)14-22(15-20)11-5-12-22)8-7-16-6-3-4-10-21(16,18)2/h16-19H,3-15H2,1-2H3/t16?,17-,18+,19+,20-,21+/m1/s1. The van der Waals surface area contributed by atoms with Gasteiger partial charge in [-0.15, -0.1) is 0 Å². The van der Waals surface area contributed by atoms with Gasteiger partial charge in [-0.05, 0) is 104 Å². The molecule has 5 aliphatic carbocycles. The lowest BCUT2D eigenvalue weighted by molar-refractivity contribution is -0.103. The second-order valence-corrected chi connectivity index (χ2v) is 10.8. The molecule has 0 heteroatoms. The Kier molecular flexibility index (Phi) is 2.96. The summed E-state index contributed by atoms with van der Waals surface area (Å²) in [6.45, 7) is 5.43. The molecule has 1 unspecified atom stereocenters. The van der Waals surface area contributed by atoms with E-state index in [0.29, 0.717) is 0 Å². The van der Waals surface area contributed by atoms with Gasteiger partial charge in [-0.25, -0.2) is 0 Å². The molecule has 0 aromatic carbocycles. The molecule has 22 heavy (non-hydrogen) atoms. The van der Waals surface area contributed by atoms with E-state index in [2.05, 4.69) is 13.8 Å². The van der Waals surface area contributed by atoms with Crippen LogP contribution < -0.4 is 0 Å². The first-order valence-corrected chi connectivity index (χ1v) is 10.5. The third-order valence-corrected chi connectivity index (χ3v) is 9.95. The molecule has 5 fully saturated rings. The minimum atomic E-state index is 0.734. The molecule has 0 aromatic heterocycles. The first-order valence-electron chi connectivity index (χ1n) is 10.5. The highest BCUT2D eigenvalue weighted by atomic mass is 14.7. The monoisotopic (exact) mass is 300 g/mol. The molecule has 0 amide bonds. The quantitative estimate of drug-likeness (QED) is 0.473. The van der Waals surface area contributed by atoms with Crippen molar-refractivity contribution in [2.75, 3.05) is 0 Å². The molecule has 124 valence electrons. The van der Waals surface area contributed by atoms with Gasteiger partial charge in [0.2, 0.25) is 0 Å². The minimum Gasteiger partial charge on any atom is -0.0593 e. The molecule has 0 aromatic rings. The van der Waals surface area contributed by atoms with E-state index in [0.717, 1.165) is 39.9 Å². The van der Waals surface area contributed by atoms with Crippen LogP contribution in [0.5, 0.6) is 0 Å². The van der Waals surface area contributed by atoms with Crippen molar-refractivity contribution in [3.05, 3.63) is 0 Å². The first-order chi connectivity index (χ1) is 10.5. The normalized spacial score (nSPS) is 55.9. The second kappa shape index (κ2) is 4.54. The van der Waals surface area contributed by atoms with Crippen molar-refractivity contribution < 1.29 is 0 Å². The van der Waals surface area contributed by atoms with Crippen molar-refractivity contribution in [1.29, 1.82) is 0 Å². The summed E-state index contributed by atoms with van der Waals surface area (Å²) in [5, 5.41) is 0. The molecule has 0 saturated heterocycles. The lowest BCUT2D eigenvalue weighted by Crippen LogP contribution is -2.51. The molecule has 0 bridgehead atoms. The van der Waals surface area contributed by atoms with Crippen LogP contribution in [0.25, 0.3) is 0 Å². The topological polar surface area (TPSA) is 0 Å². The molecular formula is C22H36. The van der Waals surface area contributed by atoms with E-state index in [1.54, 1.807) is 64.2 Å². The second-order valence-electron chi connectivity index (χ2n) is 10.8. The van der Waals surface area contributed by atoms with Crippen LogP contribution in [0.2, 0.25) is 0 Å². The molecule has 0 nitrogen and oxygen atoms in total. The molecule has 6 atom stereocenters. The molecule has 1 spiro atoms. The van der Waals surface area contributed by atoms with Crippen molar-refractivity contribution in [3.63, 3.8) is 0 Å². The fourth-order valence-electron chi connectivity index (χ4n) is 8.76. The predicted octanol–water partition coefficient (Wildman–Crippen LogP) is 6.59. The summed E-state index contributed by atoms with van der Waals surface area (Å²) in [6, 6.07) is 0. The van der Waals surface area contributed by atoms with Gasteiger partial charge in [-0.1, -0.05) is 33.1 Å². The van der Waals surface area contributed by atoms with Gasteiger partial charge in [-0.3, -0.25) is 0 Å². The van der Waals surface area contributed by atoms with Gasteiger partial charge in [0.05, 0.1) is 0 Å². The Morgan fingerprint density at radius 1 is 0.727 bits per heavy atom.